The van der Waals surface area contributed by atoms with Crippen LogP contribution in [0.25, 0.3) is 11.0 Å². The molecule has 0 aliphatic carbocycles. The number of benzene rings is 1. The van der Waals surface area contributed by atoms with Crippen LogP contribution in [0.3, 0.4) is 0 Å². The second-order valence-corrected chi connectivity index (χ2v) is 5.64. The highest BCUT2D eigenvalue weighted by Crippen LogP contribution is 2.19. The molecule has 1 amide bonds. The highest BCUT2D eigenvalue weighted by Gasteiger charge is 2.24. The number of pyridine rings is 1. The Balaban J connectivity index is 1.79. The first-order chi connectivity index (χ1) is 12.7. The molecule has 4 aromatic rings. The molecule has 4 rings (SSSR count). The molecule has 0 atom stereocenters. The van der Waals surface area contributed by atoms with Crippen molar-refractivity contribution in [3.8, 4) is 0 Å². The number of carbonyl (C=O) groups excluding carboxylic acids is 1. The third-order valence-corrected chi connectivity index (χ3v) is 3.94. The molecule has 3 aromatic heterocycles. The van der Waals surface area contributed by atoms with Crippen molar-refractivity contribution in [2.24, 2.45) is 0 Å². The molecule has 0 radical (unpaired) electrons. The van der Waals surface area contributed by atoms with Crippen LogP contribution in [-0.2, 0) is 6.54 Å². The van der Waals surface area contributed by atoms with Gasteiger partial charge < -0.3 is 8.83 Å². The van der Waals surface area contributed by atoms with Crippen molar-refractivity contribution in [3.05, 3.63) is 94.9 Å². The lowest BCUT2D eigenvalue weighted by atomic mass is 10.1. The van der Waals surface area contributed by atoms with Crippen LogP contribution in [-0.4, -0.2) is 10.9 Å². The first-order valence-corrected chi connectivity index (χ1v) is 8.00. The van der Waals surface area contributed by atoms with Gasteiger partial charge in [0, 0.05) is 11.6 Å². The van der Waals surface area contributed by atoms with E-state index < -0.39 is 11.5 Å². The summed E-state index contributed by atoms with van der Waals surface area (Å²) in [6.07, 6.45) is 3.11. The Morgan fingerprint density at radius 3 is 2.65 bits per heavy atom. The molecular formula is C20H14N2O4. The minimum atomic E-state index is -0.686. The summed E-state index contributed by atoms with van der Waals surface area (Å²) in [6.45, 7) is 0.148. The predicted octanol–water partition coefficient (Wildman–Crippen LogP) is 3.63. The maximum atomic E-state index is 13.1. The summed E-state index contributed by atoms with van der Waals surface area (Å²) in [5, 5.41) is 0.675. The zero-order valence-corrected chi connectivity index (χ0v) is 13.7. The Morgan fingerprint density at radius 2 is 1.88 bits per heavy atom. The molecule has 1 aromatic carbocycles. The number of anilines is 1. The number of furan rings is 1. The number of amides is 1. The number of para-hydroxylation sites is 1. The number of carbonyl (C=O) groups is 1. The lowest BCUT2D eigenvalue weighted by molar-refractivity contribution is 0.0979. The van der Waals surface area contributed by atoms with Crippen molar-refractivity contribution < 1.29 is 13.6 Å². The van der Waals surface area contributed by atoms with Gasteiger partial charge >= 0.3 is 5.63 Å². The lowest BCUT2D eigenvalue weighted by Crippen LogP contribution is -2.34. The van der Waals surface area contributed by atoms with E-state index in [-0.39, 0.29) is 12.1 Å². The van der Waals surface area contributed by atoms with Gasteiger partial charge in [0.15, 0.2) is 0 Å². The van der Waals surface area contributed by atoms with Crippen LogP contribution in [0.5, 0.6) is 0 Å². The molecule has 0 fully saturated rings. The van der Waals surface area contributed by atoms with Crippen LogP contribution in [0.15, 0.2) is 86.8 Å². The fraction of sp³-hybridized carbons (Fsp3) is 0.0500. The highest BCUT2D eigenvalue weighted by atomic mass is 16.4. The molecule has 0 spiro atoms. The second-order valence-electron chi connectivity index (χ2n) is 5.64. The standard InChI is InChI=1S/C20H14N2O4/c23-19(16-12-14-6-1-2-8-17(14)26-20(16)24)22(13-15-7-5-11-25-15)18-9-3-4-10-21-18/h1-12H,13H2. The van der Waals surface area contributed by atoms with Gasteiger partial charge in [-0.3, -0.25) is 9.69 Å². The molecule has 6 nitrogen and oxygen atoms in total. The topological polar surface area (TPSA) is 76.6 Å². The fourth-order valence-corrected chi connectivity index (χ4v) is 2.69. The molecule has 128 valence electrons. The van der Waals surface area contributed by atoms with Crippen molar-refractivity contribution in [2.45, 2.75) is 6.54 Å². The van der Waals surface area contributed by atoms with Crippen LogP contribution in [0, 0.1) is 0 Å². The Morgan fingerprint density at radius 1 is 1.04 bits per heavy atom. The van der Waals surface area contributed by atoms with Crippen molar-refractivity contribution in [3.63, 3.8) is 0 Å². The summed E-state index contributed by atoms with van der Waals surface area (Å²) >= 11 is 0. The van der Waals surface area contributed by atoms with E-state index in [1.165, 1.54) is 11.2 Å². The number of fused-ring (bicyclic) bond motifs is 1. The molecule has 0 bridgehead atoms. The SMILES string of the molecule is O=C(c1cc2ccccc2oc1=O)N(Cc1ccco1)c1ccccn1. The van der Waals surface area contributed by atoms with E-state index in [1.54, 1.807) is 60.8 Å². The molecule has 0 saturated carbocycles. The zero-order chi connectivity index (χ0) is 17.9. The van der Waals surface area contributed by atoms with E-state index >= 15 is 0 Å². The number of nitrogens with zero attached hydrogens (tertiary/aromatic N) is 2. The smallest absolute Gasteiger partial charge is 0.349 e. The van der Waals surface area contributed by atoms with Crippen molar-refractivity contribution in [2.75, 3.05) is 4.90 Å². The zero-order valence-electron chi connectivity index (χ0n) is 13.7. The van der Waals surface area contributed by atoms with E-state index in [0.29, 0.717) is 22.5 Å². The largest absolute Gasteiger partial charge is 0.467 e. The molecule has 0 N–H and O–H groups in total. The quantitative estimate of drug-likeness (QED) is 0.527. The van der Waals surface area contributed by atoms with Gasteiger partial charge in [-0.05, 0) is 36.4 Å². The summed E-state index contributed by atoms with van der Waals surface area (Å²) in [5.74, 6) is 0.496. The minimum absolute atomic E-state index is 0.0547. The monoisotopic (exact) mass is 346 g/mol. The predicted molar refractivity (Wildman–Crippen MR) is 95.9 cm³/mol. The van der Waals surface area contributed by atoms with Gasteiger partial charge in [0.05, 0.1) is 12.8 Å². The summed E-state index contributed by atoms with van der Waals surface area (Å²) in [6, 6.07) is 17.3. The molecule has 26 heavy (non-hydrogen) atoms. The molecule has 0 aliphatic rings. The van der Waals surface area contributed by atoms with Crippen LogP contribution >= 0.6 is 0 Å². The van der Waals surface area contributed by atoms with Crippen molar-refractivity contribution >= 4 is 22.7 Å². The van der Waals surface area contributed by atoms with E-state index in [0.717, 1.165) is 0 Å². The molecule has 3 heterocycles. The van der Waals surface area contributed by atoms with Crippen LogP contribution in [0.1, 0.15) is 16.1 Å². The average molecular weight is 346 g/mol. The highest BCUT2D eigenvalue weighted by molar-refractivity contribution is 6.06. The number of hydrogen-bond donors (Lipinski definition) is 0. The minimum Gasteiger partial charge on any atom is -0.467 e. The van der Waals surface area contributed by atoms with Crippen LogP contribution < -0.4 is 10.5 Å². The van der Waals surface area contributed by atoms with Gasteiger partial charge in [0.2, 0.25) is 0 Å². The number of aromatic nitrogens is 1. The average Bonchev–Trinajstić information content (AvgIpc) is 3.19. The van der Waals surface area contributed by atoms with Gasteiger partial charge in [-0.25, -0.2) is 9.78 Å². The third-order valence-electron chi connectivity index (χ3n) is 3.94. The Bertz CT molecular complexity index is 1100. The molecule has 0 saturated heterocycles. The maximum Gasteiger partial charge on any atom is 0.349 e. The number of hydrogen-bond acceptors (Lipinski definition) is 5. The van der Waals surface area contributed by atoms with Gasteiger partial charge in [0.1, 0.15) is 22.7 Å². The van der Waals surface area contributed by atoms with Crippen LogP contribution in [0.2, 0.25) is 0 Å². The molecule has 0 aliphatic heterocycles. The Kier molecular flexibility index (Phi) is 4.07. The van der Waals surface area contributed by atoms with Gasteiger partial charge in [-0.1, -0.05) is 24.3 Å². The van der Waals surface area contributed by atoms with Gasteiger partial charge in [0.25, 0.3) is 5.91 Å². The summed E-state index contributed by atoms with van der Waals surface area (Å²) in [4.78, 5) is 31.1. The Labute approximate surface area is 148 Å². The van der Waals surface area contributed by atoms with E-state index in [4.69, 9.17) is 8.83 Å². The molecule has 0 unspecified atom stereocenters. The van der Waals surface area contributed by atoms with Crippen molar-refractivity contribution in [1.82, 2.24) is 4.98 Å². The molecule has 6 heteroatoms. The summed E-state index contributed by atoms with van der Waals surface area (Å²) in [7, 11) is 0. The maximum absolute atomic E-state index is 13.1. The molecular weight excluding hydrogens is 332 g/mol. The third kappa shape index (κ3) is 3.00. The Hall–Kier alpha value is -3.67. The number of rotatable bonds is 4. The lowest BCUT2D eigenvalue weighted by Gasteiger charge is -2.20. The van der Waals surface area contributed by atoms with E-state index in [2.05, 4.69) is 4.98 Å². The second kappa shape index (κ2) is 6.68. The first-order valence-electron chi connectivity index (χ1n) is 8.00. The fourth-order valence-electron chi connectivity index (χ4n) is 2.69. The summed E-state index contributed by atoms with van der Waals surface area (Å²) in [5.41, 5.74) is -0.306. The summed E-state index contributed by atoms with van der Waals surface area (Å²) < 4.78 is 10.6. The van der Waals surface area contributed by atoms with Gasteiger partial charge in [-0.2, -0.15) is 0 Å². The van der Waals surface area contributed by atoms with E-state index in [1.807, 2.05) is 6.07 Å². The normalized spacial score (nSPS) is 10.8. The van der Waals surface area contributed by atoms with Crippen LogP contribution in [0.4, 0.5) is 5.82 Å². The van der Waals surface area contributed by atoms with Crippen molar-refractivity contribution in [1.29, 1.82) is 0 Å². The van der Waals surface area contributed by atoms with E-state index in [9.17, 15) is 9.59 Å². The van der Waals surface area contributed by atoms with Gasteiger partial charge in [-0.15, -0.1) is 0 Å². The first kappa shape index (κ1) is 15.8.